The van der Waals surface area contributed by atoms with Gasteiger partial charge in [0.05, 0.1) is 6.20 Å². The van der Waals surface area contributed by atoms with Crippen LogP contribution in [0.5, 0.6) is 0 Å². The molecular formula is C14H18BrN3. The second-order valence-electron chi connectivity index (χ2n) is 4.42. The van der Waals surface area contributed by atoms with Crippen LogP contribution in [0.25, 0.3) is 0 Å². The smallest absolute Gasteiger partial charge is 0.0534 e. The van der Waals surface area contributed by atoms with E-state index in [-0.39, 0.29) is 0 Å². The van der Waals surface area contributed by atoms with Crippen LogP contribution in [0.4, 0.5) is 0 Å². The van der Waals surface area contributed by atoms with Crippen molar-refractivity contribution in [3.8, 4) is 0 Å². The monoisotopic (exact) mass is 307 g/mol. The topological polar surface area (TPSA) is 29.9 Å². The summed E-state index contributed by atoms with van der Waals surface area (Å²) in [5, 5.41) is 7.74. The van der Waals surface area contributed by atoms with Gasteiger partial charge in [-0.05, 0) is 24.1 Å². The highest BCUT2D eigenvalue weighted by molar-refractivity contribution is 9.10. The van der Waals surface area contributed by atoms with E-state index < -0.39 is 0 Å². The summed E-state index contributed by atoms with van der Waals surface area (Å²) < 4.78 is 2.95. The lowest BCUT2D eigenvalue weighted by Gasteiger charge is -2.17. The summed E-state index contributed by atoms with van der Waals surface area (Å²) in [6, 6.07) is 8.88. The van der Waals surface area contributed by atoms with Crippen molar-refractivity contribution in [2.45, 2.75) is 25.9 Å². The van der Waals surface area contributed by atoms with Crippen LogP contribution in [0.15, 0.2) is 41.1 Å². The van der Waals surface area contributed by atoms with Crippen LogP contribution in [0, 0.1) is 0 Å². The SMILES string of the molecule is CCC(NCc1cnn(C)c1)c1ccc(Br)cc1. The predicted octanol–water partition coefficient (Wildman–Crippen LogP) is 3.42. The van der Waals surface area contributed by atoms with E-state index in [1.807, 2.05) is 24.1 Å². The first-order valence-corrected chi connectivity index (χ1v) is 6.94. The molecule has 0 amide bonds. The molecule has 0 aliphatic rings. The molecule has 1 aromatic carbocycles. The maximum absolute atomic E-state index is 4.18. The molecule has 2 rings (SSSR count). The summed E-state index contributed by atoms with van der Waals surface area (Å²) in [6.45, 7) is 3.05. The van der Waals surface area contributed by atoms with Gasteiger partial charge in [-0.2, -0.15) is 5.10 Å². The Labute approximate surface area is 116 Å². The Hall–Kier alpha value is -1.13. The molecule has 0 fully saturated rings. The molecule has 1 atom stereocenters. The molecule has 4 heteroatoms. The second kappa shape index (κ2) is 6.16. The van der Waals surface area contributed by atoms with Crippen molar-refractivity contribution >= 4 is 15.9 Å². The minimum absolute atomic E-state index is 0.387. The van der Waals surface area contributed by atoms with Gasteiger partial charge in [-0.1, -0.05) is 35.0 Å². The molecule has 1 heterocycles. The highest BCUT2D eigenvalue weighted by atomic mass is 79.9. The summed E-state index contributed by atoms with van der Waals surface area (Å²) in [5.74, 6) is 0. The first kappa shape index (κ1) is 13.3. The predicted molar refractivity (Wildman–Crippen MR) is 77.2 cm³/mol. The number of aryl methyl sites for hydroxylation is 1. The third-order valence-corrected chi connectivity index (χ3v) is 3.52. The Balaban J connectivity index is 1.99. The zero-order valence-corrected chi connectivity index (χ0v) is 12.3. The van der Waals surface area contributed by atoms with Gasteiger partial charge >= 0.3 is 0 Å². The van der Waals surface area contributed by atoms with Crippen LogP contribution in [0.1, 0.15) is 30.5 Å². The zero-order valence-electron chi connectivity index (χ0n) is 10.7. The summed E-state index contributed by atoms with van der Waals surface area (Å²) in [6.07, 6.45) is 5.02. The minimum Gasteiger partial charge on any atom is -0.306 e. The molecule has 3 nitrogen and oxygen atoms in total. The van der Waals surface area contributed by atoms with Crippen LogP contribution in [0.3, 0.4) is 0 Å². The molecule has 1 N–H and O–H groups in total. The van der Waals surface area contributed by atoms with Crippen LogP contribution in [-0.2, 0) is 13.6 Å². The van der Waals surface area contributed by atoms with Crippen molar-refractivity contribution in [1.82, 2.24) is 15.1 Å². The Bertz CT molecular complexity index is 490. The number of rotatable bonds is 5. The van der Waals surface area contributed by atoms with Gasteiger partial charge in [-0.15, -0.1) is 0 Å². The minimum atomic E-state index is 0.387. The van der Waals surface area contributed by atoms with Crippen molar-refractivity contribution in [2.75, 3.05) is 0 Å². The van der Waals surface area contributed by atoms with Gasteiger partial charge in [0.25, 0.3) is 0 Å². The van der Waals surface area contributed by atoms with E-state index in [0.717, 1.165) is 17.4 Å². The molecule has 0 saturated heterocycles. The first-order valence-electron chi connectivity index (χ1n) is 6.15. The third-order valence-electron chi connectivity index (χ3n) is 2.99. The Kier molecular flexibility index (Phi) is 4.55. The number of benzene rings is 1. The van der Waals surface area contributed by atoms with Crippen molar-refractivity contribution in [3.63, 3.8) is 0 Å². The van der Waals surface area contributed by atoms with E-state index in [2.05, 4.69) is 57.5 Å². The lowest BCUT2D eigenvalue weighted by Crippen LogP contribution is -2.19. The van der Waals surface area contributed by atoms with E-state index in [1.165, 1.54) is 11.1 Å². The summed E-state index contributed by atoms with van der Waals surface area (Å²) in [4.78, 5) is 0. The fraction of sp³-hybridized carbons (Fsp3) is 0.357. The molecule has 0 spiro atoms. The first-order chi connectivity index (χ1) is 8.69. The molecule has 0 saturated carbocycles. The summed E-state index contributed by atoms with van der Waals surface area (Å²) >= 11 is 3.46. The highest BCUT2D eigenvalue weighted by Crippen LogP contribution is 2.19. The van der Waals surface area contributed by atoms with Gasteiger partial charge in [0, 0.05) is 35.9 Å². The number of halogens is 1. The molecule has 0 aliphatic carbocycles. The van der Waals surface area contributed by atoms with Gasteiger partial charge < -0.3 is 5.32 Å². The van der Waals surface area contributed by atoms with E-state index >= 15 is 0 Å². The van der Waals surface area contributed by atoms with Crippen LogP contribution >= 0.6 is 15.9 Å². The quantitative estimate of drug-likeness (QED) is 0.917. The number of nitrogens with one attached hydrogen (secondary N) is 1. The van der Waals surface area contributed by atoms with E-state index in [0.29, 0.717) is 6.04 Å². The molecule has 1 unspecified atom stereocenters. The van der Waals surface area contributed by atoms with E-state index in [9.17, 15) is 0 Å². The largest absolute Gasteiger partial charge is 0.306 e. The highest BCUT2D eigenvalue weighted by Gasteiger charge is 2.08. The van der Waals surface area contributed by atoms with Crippen molar-refractivity contribution in [1.29, 1.82) is 0 Å². The number of nitrogens with zero attached hydrogens (tertiary/aromatic N) is 2. The molecule has 18 heavy (non-hydrogen) atoms. The van der Waals surface area contributed by atoms with Gasteiger partial charge in [0.15, 0.2) is 0 Å². The molecule has 0 aliphatic heterocycles. The lowest BCUT2D eigenvalue weighted by atomic mass is 10.0. The van der Waals surface area contributed by atoms with Gasteiger partial charge in [0.2, 0.25) is 0 Å². The Morgan fingerprint density at radius 3 is 2.61 bits per heavy atom. The summed E-state index contributed by atoms with van der Waals surface area (Å²) in [7, 11) is 1.94. The summed E-state index contributed by atoms with van der Waals surface area (Å²) in [5.41, 5.74) is 2.54. The molecular weight excluding hydrogens is 290 g/mol. The lowest BCUT2D eigenvalue weighted by molar-refractivity contribution is 0.519. The van der Waals surface area contributed by atoms with Gasteiger partial charge in [0.1, 0.15) is 0 Å². The molecule has 0 radical (unpaired) electrons. The number of hydrogen-bond donors (Lipinski definition) is 1. The molecule has 96 valence electrons. The van der Waals surface area contributed by atoms with Crippen molar-refractivity contribution in [3.05, 3.63) is 52.3 Å². The standard InChI is InChI=1S/C14H18BrN3/c1-3-14(12-4-6-13(15)7-5-12)16-8-11-9-17-18(2)10-11/h4-7,9-10,14,16H,3,8H2,1-2H3. The fourth-order valence-corrected chi connectivity index (χ4v) is 2.26. The Morgan fingerprint density at radius 1 is 1.33 bits per heavy atom. The fourth-order valence-electron chi connectivity index (χ4n) is 2.00. The van der Waals surface area contributed by atoms with Crippen molar-refractivity contribution in [2.24, 2.45) is 7.05 Å². The Morgan fingerprint density at radius 2 is 2.06 bits per heavy atom. The average molecular weight is 308 g/mol. The molecule has 2 aromatic rings. The number of hydrogen-bond acceptors (Lipinski definition) is 2. The number of aromatic nitrogens is 2. The molecule has 1 aromatic heterocycles. The zero-order chi connectivity index (χ0) is 13.0. The van der Waals surface area contributed by atoms with Gasteiger partial charge in [-0.3, -0.25) is 4.68 Å². The van der Waals surface area contributed by atoms with E-state index in [1.54, 1.807) is 0 Å². The maximum atomic E-state index is 4.18. The maximum Gasteiger partial charge on any atom is 0.0534 e. The van der Waals surface area contributed by atoms with Crippen molar-refractivity contribution < 1.29 is 0 Å². The van der Waals surface area contributed by atoms with Gasteiger partial charge in [-0.25, -0.2) is 0 Å². The van der Waals surface area contributed by atoms with E-state index in [4.69, 9.17) is 0 Å². The third kappa shape index (κ3) is 3.43. The normalized spacial score (nSPS) is 12.6. The van der Waals surface area contributed by atoms with Crippen LogP contribution in [-0.4, -0.2) is 9.78 Å². The van der Waals surface area contributed by atoms with Crippen LogP contribution in [0.2, 0.25) is 0 Å². The van der Waals surface area contributed by atoms with Crippen LogP contribution < -0.4 is 5.32 Å². The molecule has 0 bridgehead atoms. The average Bonchev–Trinajstić information content (AvgIpc) is 2.78. The second-order valence-corrected chi connectivity index (χ2v) is 5.33.